The number of fused-ring (bicyclic) bond motifs is 1. The normalized spacial score (nSPS) is 11.4. The number of benzene rings is 3. The maximum atomic E-state index is 13.0. The van der Waals surface area contributed by atoms with Crippen molar-refractivity contribution in [1.82, 2.24) is 4.57 Å². The molecular formula is C25H25N3O6S. The average molecular weight is 496 g/mol. The Labute approximate surface area is 202 Å². The van der Waals surface area contributed by atoms with Gasteiger partial charge in [-0.25, -0.2) is 13.2 Å². The van der Waals surface area contributed by atoms with Gasteiger partial charge >= 0.3 is 5.76 Å². The molecule has 35 heavy (non-hydrogen) atoms. The van der Waals surface area contributed by atoms with E-state index in [0.29, 0.717) is 46.8 Å². The van der Waals surface area contributed by atoms with E-state index < -0.39 is 15.8 Å². The van der Waals surface area contributed by atoms with Crippen molar-refractivity contribution in [2.24, 2.45) is 0 Å². The lowest BCUT2D eigenvalue weighted by molar-refractivity contribution is -0.116. The zero-order chi connectivity index (χ0) is 25.0. The monoisotopic (exact) mass is 495 g/mol. The molecule has 4 rings (SSSR count). The van der Waals surface area contributed by atoms with Gasteiger partial charge in [0.15, 0.2) is 5.58 Å². The lowest BCUT2D eigenvalue weighted by atomic mass is 10.2. The first-order valence-corrected chi connectivity index (χ1v) is 12.4. The highest BCUT2D eigenvalue weighted by Crippen LogP contribution is 2.24. The first kappa shape index (κ1) is 24.1. The lowest BCUT2D eigenvalue weighted by Crippen LogP contribution is -2.18. The molecule has 0 aliphatic carbocycles. The standard InChI is InChI=1S/C25H25N3O6S/c1-17-9-10-19(16-23(17)35(31,32)27-18-11-13-20(33-2)14-12-18)26-24(29)8-5-15-28-21-6-3-4-7-22(21)34-25(28)30/h3-4,6-7,9-14,16,27H,5,8,15H2,1-2H3,(H,26,29). The predicted octanol–water partition coefficient (Wildman–Crippen LogP) is 4.13. The largest absolute Gasteiger partial charge is 0.497 e. The van der Waals surface area contributed by atoms with E-state index in [1.54, 1.807) is 61.5 Å². The minimum absolute atomic E-state index is 0.0579. The average Bonchev–Trinajstić information content (AvgIpc) is 3.15. The molecule has 0 aliphatic rings. The Morgan fingerprint density at radius 2 is 1.74 bits per heavy atom. The van der Waals surface area contributed by atoms with Crippen LogP contribution >= 0.6 is 0 Å². The first-order valence-electron chi connectivity index (χ1n) is 10.9. The zero-order valence-electron chi connectivity index (χ0n) is 19.3. The predicted molar refractivity (Wildman–Crippen MR) is 133 cm³/mol. The number of carbonyl (C=O) groups excluding carboxylic acids is 1. The summed E-state index contributed by atoms with van der Waals surface area (Å²) in [6.45, 7) is 2.00. The minimum atomic E-state index is -3.88. The number of aromatic nitrogens is 1. The Kier molecular flexibility index (Phi) is 6.92. The third-order valence-corrected chi connectivity index (χ3v) is 6.99. The number of nitrogens with one attached hydrogen (secondary N) is 2. The number of rotatable bonds is 9. The van der Waals surface area contributed by atoms with Gasteiger partial charge in [-0.3, -0.25) is 14.1 Å². The number of aryl methyl sites for hydroxylation is 2. The molecule has 0 atom stereocenters. The van der Waals surface area contributed by atoms with Crippen molar-refractivity contribution < 1.29 is 22.4 Å². The molecule has 3 aromatic carbocycles. The minimum Gasteiger partial charge on any atom is -0.497 e. The van der Waals surface area contributed by atoms with Gasteiger partial charge in [-0.1, -0.05) is 18.2 Å². The summed E-state index contributed by atoms with van der Waals surface area (Å²) in [5.74, 6) is -0.148. The number of hydrogen-bond donors (Lipinski definition) is 2. The van der Waals surface area contributed by atoms with E-state index in [1.807, 2.05) is 6.07 Å². The van der Waals surface area contributed by atoms with Gasteiger partial charge in [-0.05, 0) is 67.4 Å². The molecule has 0 aliphatic heterocycles. The number of para-hydroxylation sites is 2. The molecule has 0 saturated carbocycles. The van der Waals surface area contributed by atoms with Gasteiger partial charge in [0.1, 0.15) is 5.75 Å². The molecule has 10 heteroatoms. The van der Waals surface area contributed by atoms with Gasteiger partial charge in [0.05, 0.1) is 17.5 Å². The smallest absolute Gasteiger partial charge is 0.419 e. The van der Waals surface area contributed by atoms with Gasteiger partial charge in [-0.15, -0.1) is 0 Å². The van der Waals surface area contributed by atoms with Crippen LogP contribution in [0.1, 0.15) is 18.4 Å². The van der Waals surface area contributed by atoms with Crippen LogP contribution in [0.3, 0.4) is 0 Å². The first-order chi connectivity index (χ1) is 16.8. The van der Waals surface area contributed by atoms with E-state index >= 15 is 0 Å². The number of oxazole rings is 1. The molecule has 1 heterocycles. The molecule has 0 fully saturated rings. The van der Waals surface area contributed by atoms with Crippen LogP contribution in [0.25, 0.3) is 11.1 Å². The fourth-order valence-corrected chi connectivity index (χ4v) is 5.01. The van der Waals surface area contributed by atoms with Crippen molar-refractivity contribution in [2.75, 3.05) is 17.1 Å². The Hall–Kier alpha value is -4.05. The fourth-order valence-electron chi connectivity index (χ4n) is 3.68. The molecule has 2 N–H and O–H groups in total. The molecule has 1 amide bonds. The van der Waals surface area contributed by atoms with Crippen molar-refractivity contribution in [2.45, 2.75) is 31.2 Å². The number of amides is 1. The maximum absolute atomic E-state index is 13.0. The van der Waals surface area contributed by atoms with Crippen molar-refractivity contribution in [3.63, 3.8) is 0 Å². The van der Waals surface area contributed by atoms with E-state index in [-0.39, 0.29) is 17.2 Å². The van der Waals surface area contributed by atoms with E-state index in [9.17, 15) is 18.0 Å². The molecular weight excluding hydrogens is 470 g/mol. The second kappa shape index (κ2) is 10.1. The van der Waals surface area contributed by atoms with Gasteiger partial charge in [-0.2, -0.15) is 0 Å². The van der Waals surface area contributed by atoms with Crippen LogP contribution in [0.15, 0.2) is 80.8 Å². The number of nitrogens with zero attached hydrogens (tertiary/aromatic N) is 1. The maximum Gasteiger partial charge on any atom is 0.419 e. The van der Waals surface area contributed by atoms with Crippen LogP contribution in [0.5, 0.6) is 5.75 Å². The number of hydrogen-bond acceptors (Lipinski definition) is 6. The van der Waals surface area contributed by atoms with Crippen LogP contribution in [0.2, 0.25) is 0 Å². The summed E-state index contributed by atoms with van der Waals surface area (Å²) in [6, 6.07) is 18.3. The lowest BCUT2D eigenvalue weighted by Gasteiger charge is -2.13. The Balaban J connectivity index is 1.40. The van der Waals surface area contributed by atoms with Crippen molar-refractivity contribution in [3.05, 3.63) is 82.8 Å². The van der Waals surface area contributed by atoms with Crippen LogP contribution in [0.4, 0.5) is 11.4 Å². The Morgan fingerprint density at radius 1 is 1.03 bits per heavy atom. The number of ether oxygens (including phenoxy) is 1. The fraction of sp³-hybridized carbons (Fsp3) is 0.200. The third-order valence-electron chi connectivity index (χ3n) is 5.46. The summed E-state index contributed by atoms with van der Waals surface area (Å²) < 4.78 is 40.2. The second-order valence-electron chi connectivity index (χ2n) is 7.95. The topological polar surface area (TPSA) is 120 Å². The van der Waals surface area contributed by atoms with Gasteiger partial charge < -0.3 is 14.5 Å². The van der Waals surface area contributed by atoms with Crippen LogP contribution < -0.4 is 20.5 Å². The molecule has 0 unspecified atom stereocenters. The summed E-state index contributed by atoms with van der Waals surface area (Å²) in [5, 5.41) is 2.73. The molecule has 0 saturated heterocycles. The number of carbonyl (C=O) groups is 1. The van der Waals surface area contributed by atoms with Crippen molar-refractivity contribution >= 4 is 38.4 Å². The molecule has 4 aromatic rings. The Morgan fingerprint density at radius 3 is 2.49 bits per heavy atom. The van der Waals surface area contributed by atoms with E-state index in [1.165, 1.54) is 17.7 Å². The number of sulfonamides is 1. The highest BCUT2D eigenvalue weighted by molar-refractivity contribution is 7.92. The molecule has 0 bridgehead atoms. The summed E-state index contributed by atoms with van der Waals surface area (Å²) in [5.41, 5.74) is 2.47. The summed E-state index contributed by atoms with van der Waals surface area (Å²) in [6.07, 6.45) is 0.553. The molecule has 0 radical (unpaired) electrons. The van der Waals surface area contributed by atoms with Gasteiger partial charge in [0.2, 0.25) is 5.91 Å². The highest BCUT2D eigenvalue weighted by atomic mass is 32.2. The van der Waals surface area contributed by atoms with Gasteiger partial charge in [0, 0.05) is 24.3 Å². The highest BCUT2D eigenvalue weighted by Gasteiger charge is 2.18. The quantitative estimate of drug-likeness (QED) is 0.360. The number of methoxy groups -OCH3 is 1. The van der Waals surface area contributed by atoms with Crippen molar-refractivity contribution in [1.29, 1.82) is 0 Å². The van der Waals surface area contributed by atoms with Crippen LogP contribution in [-0.2, 0) is 21.4 Å². The van der Waals surface area contributed by atoms with E-state index in [0.717, 1.165) is 0 Å². The van der Waals surface area contributed by atoms with Gasteiger partial charge in [0.25, 0.3) is 10.0 Å². The van der Waals surface area contributed by atoms with E-state index in [2.05, 4.69) is 10.0 Å². The molecule has 1 aromatic heterocycles. The zero-order valence-corrected chi connectivity index (χ0v) is 20.1. The summed E-state index contributed by atoms with van der Waals surface area (Å²) in [7, 11) is -2.36. The third kappa shape index (κ3) is 5.55. The molecule has 182 valence electrons. The number of anilines is 2. The van der Waals surface area contributed by atoms with E-state index in [4.69, 9.17) is 9.15 Å². The van der Waals surface area contributed by atoms with Crippen LogP contribution in [0, 0.1) is 6.92 Å². The molecule has 0 spiro atoms. The van der Waals surface area contributed by atoms with Crippen molar-refractivity contribution in [3.8, 4) is 5.75 Å². The molecule has 9 nitrogen and oxygen atoms in total. The van der Waals surface area contributed by atoms with Crippen LogP contribution in [-0.4, -0.2) is 26.0 Å². The SMILES string of the molecule is COc1ccc(NS(=O)(=O)c2cc(NC(=O)CCCn3c(=O)oc4ccccc43)ccc2C)cc1. The Bertz CT molecular complexity index is 1520. The summed E-state index contributed by atoms with van der Waals surface area (Å²) in [4.78, 5) is 24.6. The second-order valence-corrected chi connectivity index (χ2v) is 9.60. The summed E-state index contributed by atoms with van der Waals surface area (Å²) >= 11 is 0.